The first kappa shape index (κ1) is 8.92. The molecule has 1 aliphatic carbocycles. The predicted octanol–water partition coefficient (Wildman–Crippen LogP) is 2.60. The molecule has 0 amide bonds. The Morgan fingerprint density at radius 3 is 2.73 bits per heavy atom. The van der Waals surface area contributed by atoms with E-state index in [0.717, 1.165) is 23.4 Å². The molecule has 1 radical (unpaired) electrons. The van der Waals surface area contributed by atoms with Gasteiger partial charge in [0, 0.05) is 5.02 Å². The summed E-state index contributed by atoms with van der Waals surface area (Å²) in [6.07, 6.45) is 4.42. The van der Waals surface area contributed by atoms with E-state index < -0.39 is 0 Å². The molecule has 0 spiro atoms. The van der Waals surface area contributed by atoms with E-state index in [9.17, 15) is 0 Å². The van der Waals surface area contributed by atoms with Gasteiger partial charge in [-0.2, -0.15) is 4.98 Å². The summed E-state index contributed by atoms with van der Waals surface area (Å²) in [7, 11) is 0. The first-order chi connectivity index (χ1) is 7.33. The van der Waals surface area contributed by atoms with Crippen molar-refractivity contribution >= 4 is 11.6 Å². The predicted molar refractivity (Wildman–Crippen MR) is 54.6 cm³/mol. The summed E-state index contributed by atoms with van der Waals surface area (Å²) >= 11 is 6.17. The SMILES string of the molecule is Clc1ccccc1C1(c2n[c]on2)CC1. The Morgan fingerprint density at radius 2 is 2.13 bits per heavy atom. The minimum atomic E-state index is -0.123. The molecular weight excluding hydrogens is 212 g/mol. The zero-order valence-electron chi connectivity index (χ0n) is 7.90. The zero-order valence-corrected chi connectivity index (χ0v) is 8.66. The van der Waals surface area contributed by atoms with Crippen LogP contribution in [0.15, 0.2) is 28.8 Å². The van der Waals surface area contributed by atoms with Crippen LogP contribution in [0.25, 0.3) is 0 Å². The fourth-order valence-electron chi connectivity index (χ4n) is 1.93. The van der Waals surface area contributed by atoms with Crippen LogP contribution >= 0.6 is 11.6 Å². The van der Waals surface area contributed by atoms with Crippen LogP contribution in [0.1, 0.15) is 24.2 Å². The normalized spacial score (nSPS) is 17.7. The number of rotatable bonds is 2. The van der Waals surface area contributed by atoms with Crippen molar-refractivity contribution in [3.8, 4) is 0 Å². The van der Waals surface area contributed by atoms with E-state index in [1.807, 2.05) is 24.3 Å². The average Bonchev–Trinajstić information content (AvgIpc) is 2.87. The lowest BCUT2D eigenvalue weighted by molar-refractivity contribution is 0.399. The van der Waals surface area contributed by atoms with E-state index in [1.54, 1.807) is 0 Å². The molecule has 0 aliphatic heterocycles. The smallest absolute Gasteiger partial charge is 0.316 e. The molecule has 15 heavy (non-hydrogen) atoms. The van der Waals surface area contributed by atoms with Crippen molar-refractivity contribution in [2.75, 3.05) is 0 Å². The molecule has 0 unspecified atom stereocenters. The molecular formula is C11H8ClN2O. The highest BCUT2D eigenvalue weighted by molar-refractivity contribution is 6.31. The molecule has 1 fully saturated rings. The second kappa shape index (κ2) is 3.07. The highest BCUT2D eigenvalue weighted by Gasteiger charge is 2.50. The Labute approximate surface area is 92.1 Å². The molecule has 2 aromatic rings. The highest BCUT2D eigenvalue weighted by atomic mass is 35.5. The molecule has 1 saturated carbocycles. The molecule has 0 atom stereocenters. The van der Waals surface area contributed by atoms with E-state index in [2.05, 4.69) is 21.1 Å². The van der Waals surface area contributed by atoms with Gasteiger partial charge in [-0.05, 0) is 24.5 Å². The minimum Gasteiger partial charge on any atom is -0.329 e. The Kier molecular flexibility index (Phi) is 1.83. The van der Waals surface area contributed by atoms with Gasteiger partial charge < -0.3 is 4.52 Å². The summed E-state index contributed by atoms with van der Waals surface area (Å²) < 4.78 is 4.67. The topological polar surface area (TPSA) is 38.9 Å². The monoisotopic (exact) mass is 219 g/mol. The average molecular weight is 220 g/mol. The van der Waals surface area contributed by atoms with Crippen molar-refractivity contribution in [1.29, 1.82) is 0 Å². The fraction of sp³-hybridized carbons (Fsp3) is 0.273. The third-order valence-corrected chi connectivity index (χ3v) is 3.22. The van der Waals surface area contributed by atoms with Crippen molar-refractivity contribution in [2.24, 2.45) is 0 Å². The van der Waals surface area contributed by atoms with E-state index in [0.29, 0.717) is 5.82 Å². The largest absolute Gasteiger partial charge is 0.329 e. The van der Waals surface area contributed by atoms with Gasteiger partial charge in [0.25, 0.3) is 0 Å². The maximum atomic E-state index is 6.17. The van der Waals surface area contributed by atoms with Gasteiger partial charge in [0.1, 0.15) is 0 Å². The van der Waals surface area contributed by atoms with E-state index in [4.69, 9.17) is 11.6 Å². The van der Waals surface area contributed by atoms with Crippen LogP contribution in [0.4, 0.5) is 0 Å². The molecule has 3 rings (SSSR count). The number of halogens is 1. The van der Waals surface area contributed by atoms with Gasteiger partial charge in [-0.3, -0.25) is 0 Å². The van der Waals surface area contributed by atoms with E-state index in [1.165, 1.54) is 0 Å². The van der Waals surface area contributed by atoms with Crippen molar-refractivity contribution in [3.05, 3.63) is 47.1 Å². The van der Waals surface area contributed by atoms with Gasteiger partial charge in [0.15, 0.2) is 5.82 Å². The van der Waals surface area contributed by atoms with E-state index >= 15 is 0 Å². The quantitative estimate of drug-likeness (QED) is 0.780. The standard InChI is InChI=1S/C11H8ClN2O/c12-9-4-2-1-3-8(9)11(5-6-11)10-13-7-15-14-10/h1-4H,5-6H2. The third kappa shape index (κ3) is 1.27. The van der Waals surface area contributed by atoms with Crippen LogP contribution in [0, 0.1) is 6.39 Å². The number of benzene rings is 1. The lowest BCUT2D eigenvalue weighted by atomic mass is 9.95. The van der Waals surface area contributed by atoms with Crippen molar-refractivity contribution in [1.82, 2.24) is 10.1 Å². The van der Waals surface area contributed by atoms with Gasteiger partial charge in [-0.1, -0.05) is 35.0 Å². The van der Waals surface area contributed by atoms with Gasteiger partial charge in [-0.15, -0.1) is 0 Å². The van der Waals surface area contributed by atoms with Crippen LogP contribution in [0.2, 0.25) is 5.02 Å². The molecule has 0 bridgehead atoms. The first-order valence-electron chi connectivity index (χ1n) is 4.78. The van der Waals surface area contributed by atoms with Crippen LogP contribution in [-0.4, -0.2) is 10.1 Å². The van der Waals surface area contributed by atoms with Gasteiger partial charge in [-0.25, -0.2) is 0 Å². The molecule has 0 saturated heterocycles. The highest BCUT2D eigenvalue weighted by Crippen LogP contribution is 2.53. The summed E-state index contributed by atoms with van der Waals surface area (Å²) in [4.78, 5) is 4.01. The first-order valence-corrected chi connectivity index (χ1v) is 5.16. The summed E-state index contributed by atoms with van der Waals surface area (Å²) in [5.41, 5.74) is 0.962. The second-order valence-electron chi connectivity index (χ2n) is 3.77. The summed E-state index contributed by atoms with van der Waals surface area (Å²) in [6.45, 7) is 0. The fourth-order valence-corrected chi connectivity index (χ4v) is 2.25. The summed E-state index contributed by atoms with van der Waals surface area (Å²) in [5, 5.41) is 4.63. The van der Waals surface area contributed by atoms with Gasteiger partial charge >= 0.3 is 6.39 Å². The van der Waals surface area contributed by atoms with Crippen LogP contribution in [-0.2, 0) is 5.41 Å². The maximum Gasteiger partial charge on any atom is 0.316 e. The van der Waals surface area contributed by atoms with E-state index in [-0.39, 0.29) is 5.41 Å². The lowest BCUT2D eigenvalue weighted by Gasteiger charge is -2.12. The summed E-state index contributed by atoms with van der Waals surface area (Å²) in [5.74, 6) is 0.690. The maximum absolute atomic E-state index is 6.17. The molecule has 1 aromatic carbocycles. The third-order valence-electron chi connectivity index (χ3n) is 2.89. The number of hydrogen-bond donors (Lipinski definition) is 0. The van der Waals surface area contributed by atoms with Crippen LogP contribution in [0.5, 0.6) is 0 Å². The van der Waals surface area contributed by atoms with Crippen molar-refractivity contribution < 1.29 is 4.52 Å². The summed E-state index contributed by atoms with van der Waals surface area (Å²) in [6, 6.07) is 7.81. The Morgan fingerprint density at radius 1 is 1.33 bits per heavy atom. The van der Waals surface area contributed by atoms with Gasteiger partial charge in [0.2, 0.25) is 0 Å². The van der Waals surface area contributed by atoms with Crippen LogP contribution in [0.3, 0.4) is 0 Å². The second-order valence-corrected chi connectivity index (χ2v) is 4.18. The Bertz CT molecular complexity index is 477. The number of nitrogens with zero attached hydrogens (tertiary/aromatic N) is 2. The Balaban J connectivity index is 2.12. The molecule has 1 aromatic heterocycles. The zero-order chi connectivity index (χ0) is 10.3. The Hall–Kier alpha value is -1.35. The molecule has 1 aliphatic rings. The van der Waals surface area contributed by atoms with Crippen molar-refractivity contribution in [2.45, 2.75) is 18.3 Å². The molecule has 3 nitrogen and oxygen atoms in total. The van der Waals surface area contributed by atoms with Gasteiger partial charge in [0.05, 0.1) is 5.41 Å². The molecule has 4 heteroatoms. The van der Waals surface area contributed by atoms with Crippen LogP contribution < -0.4 is 0 Å². The minimum absolute atomic E-state index is 0.123. The van der Waals surface area contributed by atoms with Crippen molar-refractivity contribution in [3.63, 3.8) is 0 Å². The lowest BCUT2D eigenvalue weighted by Crippen LogP contribution is -2.11. The number of aromatic nitrogens is 2. The molecule has 0 N–H and O–H groups in total. The molecule has 75 valence electrons. The number of hydrogen-bond acceptors (Lipinski definition) is 3. The molecule has 1 heterocycles.